The normalized spacial score (nSPS) is 11.5. The highest BCUT2D eigenvalue weighted by molar-refractivity contribution is 5.87. The summed E-state index contributed by atoms with van der Waals surface area (Å²) in [7, 11) is 0. The van der Waals surface area contributed by atoms with Crippen molar-refractivity contribution in [2.24, 2.45) is 0 Å². The van der Waals surface area contributed by atoms with Crippen LogP contribution in [0.2, 0.25) is 0 Å². The summed E-state index contributed by atoms with van der Waals surface area (Å²) in [5.41, 5.74) is 18.3. The summed E-state index contributed by atoms with van der Waals surface area (Å²) in [4.78, 5) is 3.41. The van der Waals surface area contributed by atoms with Crippen LogP contribution in [-0.4, -0.2) is 10.7 Å². The van der Waals surface area contributed by atoms with Crippen molar-refractivity contribution in [1.29, 1.82) is 0 Å². The monoisotopic (exact) mass is 470 g/mol. The van der Waals surface area contributed by atoms with Crippen LogP contribution in [0, 0.1) is 6.92 Å². The largest absolute Gasteiger partial charge is 0.348 e. The van der Waals surface area contributed by atoms with Gasteiger partial charge in [-0.25, -0.2) is 0 Å². The summed E-state index contributed by atoms with van der Waals surface area (Å²) in [6.07, 6.45) is 15.1. The fourth-order valence-electron chi connectivity index (χ4n) is 4.70. The molecule has 0 aliphatic rings. The van der Waals surface area contributed by atoms with E-state index in [0.29, 0.717) is 0 Å². The minimum atomic E-state index is 0.903. The fraction of sp³-hybridized carbons (Fsp3) is 0.515. The van der Waals surface area contributed by atoms with Gasteiger partial charge in [0.25, 0.3) is 0 Å². The lowest BCUT2D eigenvalue weighted by Crippen LogP contribution is -2.02. The van der Waals surface area contributed by atoms with E-state index >= 15 is 0 Å². The molecule has 188 valence electrons. The second-order valence-corrected chi connectivity index (χ2v) is 9.84. The summed E-state index contributed by atoms with van der Waals surface area (Å²) in [6, 6.07) is 17.9. The first-order valence-electron chi connectivity index (χ1n) is 14.0. The van der Waals surface area contributed by atoms with Crippen LogP contribution in [0.25, 0.3) is 11.1 Å². The van der Waals surface area contributed by atoms with Crippen molar-refractivity contribution in [3.8, 4) is 0 Å². The molecule has 2 heteroatoms. The van der Waals surface area contributed by atoms with E-state index in [0.717, 1.165) is 44.1 Å². The standard InChI is InChI=1S/C33H46N2/c1-5-8-11-12-13-14-18-31(26-35-34)32(20-10-7-3)33(29-23-21-27(4)22-24-29)30-19-15-17-28(25-30)16-9-6-2/h15,17,19,21-25H,5-14,16,18,20H2,1-4H3. The Morgan fingerprint density at radius 2 is 1.43 bits per heavy atom. The Bertz CT molecular complexity index is 1000. The molecule has 0 fully saturated rings. The Hall–Kier alpha value is -2.66. The maximum absolute atomic E-state index is 9.55. The van der Waals surface area contributed by atoms with Crippen molar-refractivity contribution in [1.82, 2.24) is 0 Å². The molecule has 0 saturated heterocycles. The van der Waals surface area contributed by atoms with Crippen LogP contribution in [-0.2, 0) is 6.42 Å². The summed E-state index contributed by atoms with van der Waals surface area (Å²) in [5.74, 6) is 3.01. The van der Waals surface area contributed by atoms with E-state index in [9.17, 15) is 5.53 Å². The molecule has 0 N–H and O–H groups in total. The van der Waals surface area contributed by atoms with Crippen molar-refractivity contribution >= 4 is 11.4 Å². The third-order valence-corrected chi connectivity index (χ3v) is 6.79. The summed E-state index contributed by atoms with van der Waals surface area (Å²) in [6.45, 7) is 8.88. The molecule has 0 saturated carbocycles. The van der Waals surface area contributed by atoms with Crippen LogP contribution in [0.3, 0.4) is 0 Å². The molecule has 0 heterocycles. The quantitative estimate of drug-likeness (QED) is 0.0769. The van der Waals surface area contributed by atoms with Crippen molar-refractivity contribution in [2.75, 3.05) is 0 Å². The molecule has 0 aliphatic heterocycles. The van der Waals surface area contributed by atoms with Gasteiger partial charge in [0, 0.05) is 0 Å². The van der Waals surface area contributed by atoms with E-state index < -0.39 is 0 Å². The molecule has 2 aromatic rings. The number of hydrogen-bond donors (Lipinski definition) is 0. The van der Waals surface area contributed by atoms with Crippen LogP contribution in [0.5, 0.6) is 0 Å². The number of nitrogens with zero attached hydrogens (tertiary/aromatic N) is 2. The van der Waals surface area contributed by atoms with Crippen molar-refractivity contribution in [3.63, 3.8) is 0 Å². The van der Waals surface area contributed by atoms with Crippen LogP contribution in [0.4, 0.5) is 0 Å². The molecule has 35 heavy (non-hydrogen) atoms. The molecular formula is C33H46N2. The number of hydrogen-bond acceptors (Lipinski definition) is 0. The Labute approximate surface area is 214 Å². The molecule has 0 aromatic heterocycles. The van der Waals surface area contributed by atoms with Crippen molar-refractivity contribution in [3.05, 3.63) is 87.5 Å². The first-order valence-corrected chi connectivity index (χ1v) is 14.0. The lowest BCUT2D eigenvalue weighted by molar-refractivity contribution is 0.00739. The third-order valence-electron chi connectivity index (χ3n) is 6.79. The number of unbranched alkanes of at least 4 members (excludes halogenated alkanes) is 7. The SMILES string of the molecule is CCCCCCCCC(=C=[N+]=[N-])C(CCCC)=C(c1ccc(C)cc1)c1cccc(CCCC)c1. The molecular weight excluding hydrogens is 424 g/mol. The Kier molecular flexibility index (Phi) is 13.8. The third kappa shape index (κ3) is 9.85. The first-order chi connectivity index (χ1) is 17.1. The van der Waals surface area contributed by atoms with Gasteiger partial charge in [0.1, 0.15) is 0 Å². The van der Waals surface area contributed by atoms with Gasteiger partial charge in [-0.1, -0.05) is 120 Å². The lowest BCUT2D eigenvalue weighted by Gasteiger charge is -2.18. The van der Waals surface area contributed by atoms with E-state index in [-0.39, 0.29) is 0 Å². The van der Waals surface area contributed by atoms with Gasteiger partial charge in [-0.05, 0) is 73.3 Å². The highest BCUT2D eigenvalue weighted by atomic mass is 14.8. The zero-order valence-corrected chi connectivity index (χ0v) is 22.7. The second kappa shape index (κ2) is 16.9. The highest BCUT2D eigenvalue weighted by Gasteiger charge is 2.18. The molecule has 0 amide bonds. The van der Waals surface area contributed by atoms with Gasteiger partial charge in [-0.3, -0.25) is 0 Å². The highest BCUT2D eigenvalue weighted by Crippen LogP contribution is 2.35. The number of rotatable bonds is 16. The van der Waals surface area contributed by atoms with Gasteiger partial charge in [-0.15, -0.1) is 4.79 Å². The zero-order valence-electron chi connectivity index (χ0n) is 22.7. The number of allylic oxidation sites excluding steroid dienone is 2. The van der Waals surface area contributed by atoms with Gasteiger partial charge in [0.05, 0.1) is 5.57 Å². The zero-order chi connectivity index (χ0) is 25.3. The molecule has 0 unspecified atom stereocenters. The molecule has 0 atom stereocenters. The summed E-state index contributed by atoms with van der Waals surface area (Å²) < 4.78 is 0. The Morgan fingerprint density at radius 3 is 2.11 bits per heavy atom. The average molecular weight is 471 g/mol. The predicted molar refractivity (Wildman–Crippen MR) is 152 cm³/mol. The van der Waals surface area contributed by atoms with E-state index in [1.807, 2.05) is 0 Å². The predicted octanol–water partition coefficient (Wildman–Crippen LogP) is 9.91. The van der Waals surface area contributed by atoms with E-state index in [1.54, 1.807) is 0 Å². The minimum Gasteiger partial charge on any atom is -0.348 e. The maximum atomic E-state index is 9.55. The van der Waals surface area contributed by atoms with Crippen LogP contribution < -0.4 is 0 Å². The van der Waals surface area contributed by atoms with Crippen molar-refractivity contribution < 1.29 is 4.79 Å². The minimum absolute atomic E-state index is 0.903. The van der Waals surface area contributed by atoms with Crippen LogP contribution >= 0.6 is 0 Å². The topological polar surface area (TPSA) is 36.4 Å². The smallest absolute Gasteiger partial charge is 0.303 e. The lowest BCUT2D eigenvalue weighted by atomic mass is 9.84. The summed E-state index contributed by atoms with van der Waals surface area (Å²) in [5, 5.41) is 0. The number of aryl methyl sites for hydroxylation is 2. The van der Waals surface area contributed by atoms with E-state index in [4.69, 9.17) is 0 Å². The molecule has 0 radical (unpaired) electrons. The van der Waals surface area contributed by atoms with Gasteiger partial charge in [-0.2, -0.15) is 0 Å². The van der Waals surface area contributed by atoms with Crippen LogP contribution in [0.15, 0.2) is 59.7 Å². The maximum Gasteiger partial charge on any atom is 0.303 e. The fourth-order valence-corrected chi connectivity index (χ4v) is 4.70. The van der Waals surface area contributed by atoms with Gasteiger partial charge in [0.15, 0.2) is 0 Å². The second-order valence-electron chi connectivity index (χ2n) is 9.84. The molecule has 0 aliphatic carbocycles. The number of benzene rings is 2. The first kappa shape index (κ1) is 28.6. The molecule has 0 spiro atoms. The van der Waals surface area contributed by atoms with E-state index in [2.05, 4.69) is 86.9 Å². The van der Waals surface area contributed by atoms with Gasteiger partial charge < -0.3 is 5.53 Å². The van der Waals surface area contributed by atoms with Gasteiger partial charge in [0.2, 0.25) is 0 Å². The molecule has 0 bridgehead atoms. The average Bonchev–Trinajstić information content (AvgIpc) is 2.88. The molecule has 2 rings (SSSR count). The molecule has 2 aromatic carbocycles. The Balaban J connectivity index is 2.58. The van der Waals surface area contributed by atoms with Gasteiger partial charge >= 0.3 is 5.87 Å². The van der Waals surface area contributed by atoms with Crippen LogP contribution in [0.1, 0.15) is 120 Å². The van der Waals surface area contributed by atoms with E-state index in [1.165, 1.54) is 78.3 Å². The molecule has 2 nitrogen and oxygen atoms in total. The summed E-state index contributed by atoms with van der Waals surface area (Å²) >= 11 is 0. The van der Waals surface area contributed by atoms with Crippen molar-refractivity contribution in [2.45, 2.75) is 111 Å². The Morgan fingerprint density at radius 1 is 0.743 bits per heavy atom.